The van der Waals surface area contributed by atoms with Crippen LogP contribution in [0.1, 0.15) is 31.4 Å². The van der Waals surface area contributed by atoms with Crippen LogP contribution in [0.5, 0.6) is 0 Å². The van der Waals surface area contributed by atoms with Gasteiger partial charge >= 0.3 is 0 Å². The van der Waals surface area contributed by atoms with Crippen LogP contribution in [0.15, 0.2) is 24.3 Å². The molecule has 2 amide bonds. The zero-order valence-electron chi connectivity index (χ0n) is 13.0. The number of halogens is 1. The molecule has 1 aliphatic heterocycles. The van der Waals surface area contributed by atoms with Crippen molar-refractivity contribution in [3.05, 3.63) is 35.6 Å². The van der Waals surface area contributed by atoms with Gasteiger partial charge in [-0.15, -0.1) is 0 Å². The van der Waals surface area contributed by atoms with Gasteiger partial charge in [-0.1, -0.05) is 19.1 Å². The van der Waals surface area contributed by atoms with Crippen LogP contribution in [-0.2, 0) is 19.6 Å². The molecule has 2 rings (SSSR count). The van der Waals surface area contributed by atoms with Gasteiger partial charge in [0.1, 0.15) is 5.82 Å². The predicted octanol–water partition coefficient (Wildman–Crippen LogP) is 1.20. The Labute approximate surface area is 134 Å². The Morgan fingerprint density at radius 2 is 1.96 bits per heavy atom. The highest BCUT2D eigenvalue weighted by Gasteiger charge is 2.43. The normalized spacial score (nSPS) is 21.5. The van der Waals surface area contributed by atoms with Crippen molar-refractivity contribution in [3.63, 3.8) is 0 Å². The molecule has 1 N–H and O–H groups in total. The molecule has 126 valence electrons. The topological polar surface area (TPSA) is 83.5 Å². The number of carbonyl (C=O) groups is 2. The third kappa shape index (κ3) is 3.87. The maximum atomic E-state index is 13.1. The summed E-state index contributed by atoms with van der Waals surface area (Å²) in [7, 11) is -2.16. The first-order valence-electron chi connectivity index (χ1n) is 7.30. The molecule has 1 aromatic rings. The average Bonchev–Trinajstić information content (AvgIpc) is 2.76. The van der Waals surface area contributed by atoms with Gasteiger partial charge in [0.05, 0.1) is 17.7 Å². The number of hydrogen-bond acceptors (Lipinski definition) is 4. The fourth-order valence-electron chi connectivity index (χ4n) is 2.77. The Kier molecular flexibility index (Phi) is 5.03. The molecule has 0 bridgehead atoms. The van der Waals surface area contributed by atoms with Crippen molar-refractivity contribution < 1.29 is 22.4 Å². The molecule has 0 spiro atoms. The van der Waals surface area contributed by atoms with E-state index in [1.807, 2.05) is 4.72 Å². The maximum Gasteiger partial charge on any atom is 0.239 e. The van der Waals surface area contributed by atoms with Crippen LogP contribution in [0.2, 0.25) is 0 Å². The Bertz CT molecular complexity index is 703. The van der Waals surface area contributed by atoms with E-state index in [1.165, 1.54) is 29.2 Å². The first-order chi connectivity index (χ1) is 10.7. The summed E-state index contributed by atoms with van der Waals surface area (Å²) in [5.74, 6) is -2.37. The van der Waals surface area contributed by atoms with Crippen molar-refractivity contribution in [2.24, 2.45) is 5.92 Å². The lowest BCUT2D eigenvalue weighted by Crippen LogP contribution is -2.39. The molecule has 0 radical (unpaired) electrons. The molecular weight excluding hydrogens is 323 g/mol. The molecule has 0 aromatic heterocycles. The maximum absolute atomic E-state index is 13.1. The lowest BCUT2D eigenvalue weighted by atomic mass is 9.93. The van der Waals surface area contributed by atoms with Crippen LogP contribution >= 0.6 is 0 Å². The highest BCUT2D eigenvalue weighted by Crippen LogP contribution is 2.37. The first kappa shape index (κ1) is 17.4. The minimum atomic E-state index is -3.70. The zero-order valence-corrected chi connectivity index (χ0v) is 13.8. The Morgan fingerprint density at radius 1 is 1.35 bits per heavy atom. The fraction of sp³-hybridized carbons (Fsp3) is 0.467. The number of rotatable bonds is 5. The summed E-state index contributed by atoms with van der Waals surface area (Å²) in [6.45, 7) is 1.69. The van der Waals surface area contributed by atoms with Gasteiger partial charge in [0.2, 0.25) is 21.8 Å². The van der Waals surface area contributed by atoms with Crippen LogP contribution in [0.25, 0.3) is 0 Å². The molecule has 0 unspecified atom stereocenters. The molecule has 8 heteroatoms. The molecule has 1 aliphatic rings. The molecule has 2 atom stereocenters. The minimum absolute atomic E-state index is 0.0774. The molecule has 0 saturated carbocycles. The second kappa shape index (κ2) is 6.66. The second-order valence-electron chi connectivity index (χ2n) is 5.60. The number of carbonyl (C=O) groups excluding carboxylic acids is 2. The van der Waals surface area contributed by atoms with E-state index in [9.17, 15) is 22.4 Å². The van der Waals surface area contributed by atoms with Gasteiger partial charge < -0.3 is 4.90 Å². The van der Waals surface area contributed by atoms with Crippen LogP contribution in [0, 0.1) is 11.7 Å². The fourth-order valence-corrected chi connectivity index (χ4v) is 3.87. The molecule has 1 aromatic carbocycles. The molecule has 1 heterocycles. The summed E-state index contributed by atoms with van der Waals surface area (Å²) >= 11 is 0. The largest absolute Gasteiger partial charge is 0.338 e. The summed E-state index contributed by atoms with van der Waals surface area (Å²) < 4.78 is 38.6. The van der Waals surface area contributed by atoms with Gasteiger partial charge in [-0.25, -0.2) is 12.8 Å². The number of nitrogens with zero attached hydrogens (tertiary/aromatic N) is 1. The van der Waals surface area contributed by atoms with Crippen molar-refractivity contribution >= 4 is 21.8 Å². The van der Waals surface area contributed by atoms with Crippen molar-refractivity contribution in [2.45, 2.75) is 25.8 Å². The van der Waals surface area contributed by atoms with E-state index >= 15 is 0 Å². The van der Waals surface area contributed by atoms with Gasteiger partial charge in [0, 0.05) is 13.5 Å². The number of benzene rings is 1. The average molecular weight is 342 g/mol. The van der Waals surface area contributed by atoms with Gasteiger partial charge in [-0.3, -0.25) is 14.3 Å². The van der Waals surface area contributed by atoms with E-state index < -0.39 is 33.7 Å². The van der Waals surface area contributed by atoms with Crippen molar-refractivity contribution in [3.8, 4) is 0 Å². The minimum Gasteiger partial charge on any atom is -0.338 e. The molecule has 6 nitrogen and oxygen atoms in total. The molecule has 23 heavy (non-hydrogen) atoms. The molecule has 1 fully saturated rings. The molecule has 1 saturated heterocycles. The molecule has 0 aliphatic carbocycles. The smallest absolute Gasteiger partial charge is 0.239 e. The zero-order chi connectivity index (χ0) is 17.2. The first-order valence-corrected chi connectivity index (χ1v) is 8.96. The highest BCUT2D eigenvalue weighted by molar-refractivity contribution is 7.90. The van der Waals surface area contributed by atoms with E-state index in [0.717, 1.165) is 0 Å². The lowest BCUT2D eigenvalue weighted by Gasteiger charge is -2.24. The van der Waals surface area contributed by atoms with Crippen LogP contribution in [-0.4, -0.2) is 37.9 Å². The highest BCUT2D eigenvalue weighted by atomic mass is 32.2. The molecular formula is C15H19FN2O4S. The monoisotopic (exact) mass is 342 g/mol. The van der Waals surface area contributed by atoms with Gasteiger partial charge in [0.15, 0.2) is 0 Å². The van der Waals surface area contributed by atoms with Gasteiger partial charge in [0.25, 0.3) is 0 Å². The van der Waals surface area contributed by atoms with E-state index in [4.69, 9.17) is 0 Å². The van der Waals surface area contributed by atoms with Crippen LogP contribution < -0.4 is 4.72 Å². The van der Waals surface area contributed by atoms with E-state index in [1.54, 1.807) is 14.0 Å². The van der Waals surface area contributed by atoms with Crippen LogP contribution in [0.4, 0.5) is 4.39 Å². The van der Waals surface area contributed by atoms with E-state index in [2.05, 4.69) is 0 Å². The number of hydrogen-bond donors (Lipinski definition) is 1. The lowest BCUT2D eigenvalue weighted by molar-refractivity contribution is -0.128. The van der Waals surface area contributed by atoms with Crippen molar-refractivity contribution in [2.75, 3.05) is 12.8 Å². The summed E-state index contributed by atoms with van der Waals surface area (Å²) in [6.07, 6.45) is 0.305. The quantitative estimate of drug-likeness (QED) is 0.871. The number of sulfonamides is 1. The Hall–Kier alpha value is -1.96. The predicted molar refractivity (Wildman–Crippen MR) is 82.2 cm³/mol. The second-order valence-corrected chi connectivity index (χ2v) is 7.44. The van der Waals surface area contributed by atoms with Crippen molar-refractivity contribution in [1.29, 1.82) is 0 Å². The van der Waals surface area contributed by atoms with Crippen molar-refractivity contribution in [1.82, 2.24) is 9.62 Å². The SMILES string of the molecule is CCCS(=O)(=O)NC(=O)[C@@H]1CC(=O)N(C)[C@@H]1c1ccc(F)cc1. The number of nitrogens with one attached hydrogen (secondary N) is 1. The standard InChI is InChI=1S/C15H19FN2O4S/c1-3-8-23(21,22)17-15(20)12-9-13(19)18(2)14(12)10-4-6-11(16)7-5-10/h4-7,12,14H,3,8-9H2,1-2H3,(H,17,20)/t12-,14-/m1/s1. The van der Waals surface area contributed by atoms with Gasteiger partial charge in [-0.05, 0) is 24.1 Å². The van der Waals surface area contributed by atoms with Gasteiger partial charge in [-0.2, -0.15) is 0 Å². The summed E-state index contributed by atoms with van der Waals surface area (Å²) in [4.78, 5) is 25.7. The van der Waals surface area contributed by atoms with E-state index in [0.29, 0.717) is 12.0 Å². The summed E-state index contributed by atoms with van der Waals surface area (Å²) in [5, 5.41) is 0. The Morgan fingerprint density at radius 3 is 2.52 bits per heavy atom. The van der Waals surface area contributed by atoms with Crippen LogP contribution in [0.3, 0.4) is 0 Å². The number of amides is 2. The van der Waals surface area contributed by atoms with E-state index in [-0.39, 0.29) is 18.1 Å². The third-order valence-corrected chi connectivity index (χ3v) is 5.32. The Balaban J connectivity index is 2.27. The summed E-state index contributed by atoms with van der Waals surface area (Å²) in [5.41, 5.74) is 0.591. The third-order valence-electron chi connectivity index (χ3n) is 3.86. The summed E-state index contributed by atoms with van der Waals surface area (Å²) in [6, 6.07) is 4.87. The number of likely N-dealkylation sites (tertiary alicyclic amines) is 1.